The third-order valence-corrected chi connectivity index (χ3v) is 11.3. The van der Waals surface area contributed by atoms with Crippen molar-refractivity contribution in [3.05, 3.63) is 161 Å². The Bertz CT molecular complexity index is 1640. The highest BCUT2D eigenvalue weighted by atomic mass is 14.8. The Morgan fingerprint density at radius 2 is 1.51 bits per heavy atom. The molecule has 0 heteroatoms. The van der Waals surface area contributed by atoms with Gasteiger partial charge in [-0.2, -0.15) is 0 Å². The van der Waals surface area contributed by atoms with Gasteiger partial charge in [-0.25, -0.2) is 0 Å². The quantitative estimate of drug-likeness (QED) is 0.387. The van der Waals surface area contributed by atoms with Crippen molar-refractivity contribution in [2.24, 2.45) is 40.4 Å². The lowest BCUT2D eigenvalue weighted by Crippen LogP contribution is -2.40. The second kappa shape index (κ2) is 7.51. The molecule has 0 N–H and O–H groups in total. The van der Waals surface area contributed by atoms with Crippen LogP contribution in [0.1, 0.15) is 30.9 Å². The van der Waals surface area contributed by atoms with Crippen molar-refractivity contribution >= 4 is 5.57 Å². The van der Waals surface area contributed by atoms with E-state index in [2.05, 4.69) is 141 Å². The topological polar surface area (TPSA) is 0 Å². The number of allylic oxidation sites excluding steroid dienone is 22. The lowest BCUT2D eigenvalue weighted by Gasteiger charge is -2.47. The van der Waals surface area contributed by atoms with Gasteiger partial charge in [-0.05, 0) is 64.0 Å². The average molecular weight is 503 g/mol. The Morgan fingerprint density at radius 3 is 2.44 bits per heavy atom. The molecule has 0 radical (unpaired) electrons. The van der Waals surface area contributed by atoms with Gasteiger partial charge in [-0.1, -0.05) is 141 Å². The summed E-state index contributed by atoms with van der Waals surface area (Å²) < 4.78 is 0. The molecule has 0 aromatic heterocycles. The molecule has 2 saturated carbocycles. The fourth-order valence-electron chi connectivity index (χ4n) is 9.28. The van der Waals surface area contributed by atoms with Gasteiger partial charge in [-0.3, -0.25) is 0 Å². The second-order valence-electron chi connectivity index (χ2n) is 13.1. The summed E-state index contributed by atoms with van der Waals surface area (Å²) in [6.45, 7) is 2.39. The van der Waals surface area contributed by atoms with Gasteiger partial charge in [0, 0.05) is 28.1 Å². The first-order valence-corrected chi connectivity index (χ1v) is 14.9. The van der Waals surface area contributed by atoms with Crippen LogP contribution in [0.15, 0.2) is 150 Å². The van der Waals surface area contributed by atoms with E-state index in [1.165, 1.54) is 35.1 Å². The van der Waals surface area contributed by atoms with E-state index < -0.39 is 0 Å². The van der Waals surface area contributed by atoms with E-state index in [9.17, 15) is 0 Å². The van der Waals surface area contributed by atoms with E-state index in [0.29, 0.717) is 17.8 Å². The molecule has 0 heterocycles. The highest BCUT2D eigenvalue weighted by molar-refractivity contribution is 5.74. The maximum absolute atomic E-state index is 2.55. The van der Waals surface area contributed by atoms with Crippen molar-refractivity contribution in [3.63, 3.8) is 0 Å². The molecule has 6 unspecified atom stereocenters. The zero-order valence-electron chi connectivity index (χ0n) is 22.5. The molecule has 8 atom stereocenters. The van der Waals surface area contributed by atoms with Gasteiger partial charge in [0.15, 0.2) is 0 Å². The minimum atomic E-state index is 0.0367. The molecule has 0 bridgehead atoms. The minimum absolute atomic E-state index is 0.0367. The molecule has 1 spiro atoms. The average Bonchev–Trinajstić information content (AvgIpc) is 3.89. The van der Waals surface area contributed by atoms with Crippen molar-refractivity contribution < 1.29 is 0 Å². The molecule has 1 aromatic rings. The third kappa shape index (κ3) is 2.80. The van der Waals surface area contributed by atoms with E-state index in [-0.39, 0.29) is 16.2 Å². The van der Waals surface area contributed by atoms with Gasteiger partial charge in [0.2, 0.25) is 0 Å². The van der Waals surface area contributed by atoms with Gasteiger partial charge in [0.1, 0.15) is 0 Å². The molecule has 39 heavy (non-hydrogen) atoms. The van der Waals surface area contributed by atoms with E-state index in [1.54, 1.807) is 11.1 Å². The van der Waals surface area contributed by atoms with Gasteiger partial charge in [0.25, 0.3) is 0 Å². The van der Waals surface area contributed by atoms with Crippen LogP contribution in [0.3, 0.4) is 0 Å². The van der Waals surface area contributed by atoms with Gasteiger partial charge in [-0.15, -0.1) is 0 Å². The number of fused-ring (bicyclic) bond motifs is 4. The predicted octanol–water partition coefficient (Wildman–Crippen LogP) is 8.94. The fraction of sp³-hybridized carbons (Fsp3) is 0.282. The Balaban J connectivity index is 1.20. The molecular formula is C39H34. The summed E-state index contributed by atoms with van der Waals surface area (Å²) in [4.78, 5) is 0. The number of rotatable bonds is 3. The first kappa shape index (κ1) is 22.2. The van der Waals surface area contributed by atoms with Crippen LogP contribution in [0.5, 0.6) is 0 Å². The van der Waals surface area contributed by atoms with Crippen molar-refractivity contribution in [2.45, 2.75) is 25.2 Å². The van der Waals surface area contributed by atoms with Crippen molar-refractivity contribution in [1.29, 1.82) is 0 Å². The molecule has 8 aliphatic rings. The zero-order chi connectivity index (χ0) is 25.8. The Morgan fingerprint density at radius 1 is 0.718 bits per heavy atom. The van der Waals surface area contributed by atoms with Crippen molar-refractivity contribution in [1.82, 2.24) is 0 Å². The highest BCUT2D eigenvalue weighted by Crippen LogP contribution is 2.79. The van der Waals surface area contributed by atoms with Crippen LogP contribution < -0.4 is 0 Å². The van der Waals surface area contributed by atoms with Gasteiger partial charge < -0.3 is 0 Å². The van der Waals surface area contributed by atoms with Crippen LogP contribution in [0, 0.1) is 40.4 Å². The first-order chi connectivity index (χ1) is 19.1. The molecular weight excluding hydrogens is 468 g/mol. The number of hydrogen-bond acceptors (Lipinski definition) is 0. The first-order valence-electron chi connectivity index (χ1n) is 14.9. The van der Waals surface area contributed by atoms with Crippen LogP contribution in [0.25, 0.3) is 5.57 Å². The third-order valence-electron chi connectivity index (χ3n) is 11.3. The zero-order valence-corrected chi connectivity index (χ0v) is 22.5. The molecule has 0 amide bonds. The smallest absolute Gasteiger partial charge is 0.0250 e. The second-order valence-corrected chi connectivity index (χ2v) is 13.1. The summed E-state index contributed by atoms with van der Waals surface area (Å²) in [5, 5.41) is 0. The molecule has 1 aromatic carbocycles. The van der Waals surface area contributed by atoms with Crippen molar-refractivity contribution in [2.75, 3.05) is 0 Å². The lowest BCUT2D eigenvalue weighted by molar-refractivity contribution is 0.336. The lowest BCUT2D eigenvalue weighted by atomic mass is 9.56. The minimum Gasteiger partial charge on any atom is -0.0808 e. The summed E-state index contributed by atoms with van der Waals surface area (Å²) >= 11 is 0. The summed E-state index contributed by atoms with van der Waals surface area (Å²) in [6, 6.07) is 9.81. The van der Waals surface area contributed by atoms with Crippen LogP contribution in [-0.4, -0.2) is 0 Å². The Hall–Kier alpha value is -3.64. The van der Waals surface area contributed by atoms with E-state index in [1.807, 2.05) is 0 Å². The molecule has 9 rings (SSSR count). The number of hydrogen-bond donors (Lipinski definition) is 0. The monoisotopic (exact) mass is 502 g/mol. The Labute approximate surface area is 232 Å². The molecule has 0 saturated heterocycles. The molecule has 190 valence electrons. The highest BCUT2D eigenvalue weighted by Gasteiger charge is 2.74. The van der Waals surface area contributed by atoms with Crippen LogP contribution >= 0.6 is 0 Å². The standard InChI is InChI=1S/C39H34/c1-37-21-6-4-14-33(37)30(13-9-22-37)36-31-11-2-3-15-34(31)39(25-38(39)23-7-5-16-35(36)38)28-19-17-26(18-20-28)29-12-8-10-27-24-32(27)29/h2-23,27,31-34H,24-25H2,1H3/t27-,31+,32?,33?,34?,37?,38?,39?/m1/s1. The van der Waals surface area contributed by atoms with Crippen LogP contribution in [-0.2, 0) is 5.41 Å². The van der Waals surface area contributed by atoms with E-state index in [4.69, 9.17) is 0 Å². The predicted molar refractivity (Wildman–Crippen MR) is 162 cm³/mol. The SMILES string of the molecule is CC12C=CC=CC1C(C1=C3C=CC=CC34CC4(c3ccc(C4=CC=C[C@@H]5CC45)cc3)C3C=CC=C[C@H]13)=CC=C2. The molecule has 8 aliphatic carbocycles. The van der Waals surface area contributed by atoms with Gasteiger partial charge in [0.05, 0.1) is 0 Å². The maximum atomic E-state index is 2.55. The van der Waals surface area contributed by atoms with Crippen LogP contribution in [0.2, 0.25) is 0 Å². The summed E-state index contributed by atoms with van der Waals surface area (Å²) in [5.74, 6) is 2.73. The summed E-state index contributed by atoms with van der Waals surface area (Å²) in [6.07, 6.45) is 45.2. The summed E-state index contributed by atoms with van der Waals surface area (Å²) in [5.41, 5.74) is 9.32. The number of benzene rings is 1. The van der Waals surface area contributed by atoms with E-state index in [0.717, 1.165) is 11.8 Å². The molecule has 0 aliphatic heterocycles. The molecule has 2 fully saturated rings. The molecule has 0 nitrogen and oxygen atoms in total. The fourth-order valence-corrected chi connectivity index (χ4v) is 9.28. The maximum Gasteiger partial charge on any atom is 0.0250 e. The summed E-state index contributed by atoms with van der Waals surface area (Å²) in [7, 11) is 0. The van der Waals surface area contributed by atoms with Crippen molar-refractivity contribution in [3.8, 4) is 0 Å². The van der Waals surface area contributed by atoms with E-state index >= 15 is 0 Å². The Kier molecular flexibility index (Phi) is 4.28. The van der Waals surface area contributed by atoms with Gasteiger partial charge >= 0.3 is 0 Å². The normalized spacial score (nSPS) is 42.7. The van der Waals surface area contributed by atoms with Crippen LogP contribution in [0.4, 0.5) is 0 Å². The largest absolute Gasteiger partial charge is 0.0808 e.